The Hall–Kier alpha value is -4.17. The summed E-state index contributed by atoms with van der Waals surface area (Å²) in [7, 11) is 0. The maximum absolute atomic E-state index is 13.6. The molecule has 5 N–H and O–H groups in total. The smallest absolute Gasteiger partial charge is 0.132 e. The second-order valence-corrected chi connectivity index (χ2v) is 8.92. The molecule has 0 radical (unpaired) electrons. The summed E-state index contributed by atoms with van der Waals surface area (Å²) < 4.78 is 13.6. The highest BCUT2D eigenvalue weighted by Gasteiger charge is 2.17. The molecule has 2 aromatic carbocycles. The number of aryl methyl sites for hydroxylation is 1. The van der Waals surface area contributed by atoms with Crippen LogP contribution < -0.4 is 11.5 Å². The lowest BCUT2D eigenvalue weighted by Crippen LogP contribution is -2.22. The van der Waals surface area contributed by atoms with Gasteiger partial charge in [-0.15, -0.1) is 0 Å². The molecule has 0 amide bonds. The number of benzene rings is 2. The minimum Gasteiger partial charge on any atom is -0.404 e. The molecule has 4 aromatic rings. The van der Waals surface area contributed by atoms with Gasteiger partial charge in [0, 0.05) is 45.8 Å². The third kappa shape index (κ3) is 5.33. The van der Waals surface area contributed by atoms with Crippen LogP contribution in [-0.4, -0.2) is 38.4 Å². The van der Waals surface area contributed by atoms with Gasteiger partial charge in [-0.2, -0.15) is 0 Å². The Bertz CT molecular complexity index is 1440. The molecule has 0 aliphatic carbocycles. The number of nitrogens with zero attached hydrogens (tertiary/aromatic N) is 4. The van der Waals surface area contributed by atoms with Gasteiger partial charge in [0.25, 0.3) is 0 Å². The fraction of sp³-hybridized carbons (Fsp3) is 0.185. The first-order valence-corrected chi connectivity index (χ1v) is 11.1. The number of rotatable bonds is 6. The highest BCUT2D eigenvalue weighted by atomic mass is 19.1. The molecule has 0 fully saturated rings. The summed E-state index contributed by atoms with van der Waals surface area (Å²) >= 11 is 0. The molecule has 0 atom stereocenters. The Labute approximate surface area is 203 Å². The topological polar surface area (TPSA) is 123 Å². The van der Waals surface area contributed by atoms with Crippen LogP contribution in [0.3, 0.4) is 0 Å². The van der Waals surface area contributed by atoms with Crippen molar-refractivity contribution in [2.24, 2.45) is 10.7 Å². The van der Waals surface area contributed by atoms with E-state index in [0.717, 1.165) is 33.3 Å². The predicted octanol–water partition coefficient (Wildman–Crippen LogP) is 4.53. The minimum absolute atomic E-state index is 0.197. The molecule has 8 heteroatoms. The van der Waals surface area contributed by atoms with Gasteiger partial charge in [0.1, 0.15) is 18.0 Å². The molecule has 2 aromatic heterocycles. The maximum Gasteiger partial charge on any atom is 0.132 e. The highest BCUT2D eigenvalue weighted by molar-refractivity contribution is 6.12. The van der Waals surface area contributed by atoms with Crippen molar-refractivity contribution in [3.8, 4) is 22.4 Å². The Balaban J connectivity index is 1.91. The van der Waals surface area contributed by atoms with Crippen molar-refractivity contribution in [1.82, 2.24) is 15.0 Å². The average Bonchev–Trinajstić information content (AvgIpc) is 2.82. The number of hydrogen-bond acceptors (Lipinski definition) is 7. The van der Waals surface area contributed by atoms with Crippen LogP contribution in [0.15, 0.2) is 66.1 Å². The van der Waals surface area contributed by atoms with E-state index in [-0.39, 0.29) is 18.2 Å². The first-order chi connectivity index (χ1) is 16.7. The van der Waals surface area contributed by atoms with Crippen LogP contribution in [0.5, 0.6) is 0 Å². The number of fused-ring (bicyclic) bond motifs is 1. The summed E-state index contributed by atoms with van der Waals surface area (Å²) in [6.45, 7) is 5.47. The zero-order valence-electron chi connectivity index (χ0n) is 19.8. The predicted molar refractivity (Wildman–Crippen MR) is 139 cm³/mol. The van der Waals surface area contributed by atoms with E-state index in [1.165, 1.54) is 24.7 Å². The molecule has 7 nitrogen and oxygen atoms in total. The standard InChI is InChI=1S/C27H27FN6O/c1-16-21-10-18(6-9-24(21)33-15-32-16)22-11-23(19(12-29)13-31-14-27(2,3)35)26(30)34-25(22)17-4-7-20(28)8-5-17/h4-13,15,35H,14,29H2,1-3H3,(H2,30,34). The molecule has 0 aliphatic heterocycles. The lowest BCUT2D eigenvalue weighted by Gasteiger charge is -2.16. The molecule has 35 heavy (non-hydrogen) atoms. The number of hydrogen-bond donors (Lipinski definition) is 3. The number of nitrogens with two attached hydrogens (primary N) is 2. The molecule has 0 aliphatic rings. The molecule has 0 saturated heterocycles. The van der Waals surface area contributed by atoms with Crippen LogP contribution in [0.25, 0.3) is 38.9 Å². The van der Waals surface area contributed by atoms with Crippen LogP contribution in [0.4, 0.5) is 10.2 Å². The summed E-state index contributed by atoms with van der Waals surface area (Å²) in [6.07, 6.45) is 4.52. The molecule has 0 bridgehead atoms. The Morgan fingerprint density at radius 3 is 2.49 bits per heavy atom. The second kappa shape index (κ2) is 9.60. The number of anilines is 1. The third-order valence-corrected chi connectivity index (χ3v) is 5.51. The van der Waals surface area contributed by atoms with Gasteiger partial charge in [-0.3, -0.25) is 4.99 Å². The van der Waals surface area contributed by atoms with E-state index in [1.807, 2.05) is 31.2 Å². The summed E-state index contributed by atoms with van der Waals surface area (Å²) in [5.41, 5.74) is 17.1. The van der Waals surface area contributed by atoms with Crippen molar-refractivity contribution in [1.29, 1.82) is 0 Å². The SMILES string of the molecule is Cc1ncnc2ccc(-c3cc(C(C=NCC(C)(C)O)=CN)c(N)nc3-c3ccc(F)cc3)cc12. The van der Waals surface area contributed by atoms with Crippen molar-refractivity contribution >= 4 is 28.5 Å². The van der Waals surface area contributed by atoms with Gasteiger partial charge >= 0.3 is 0 Å². The van der Waals surface area contributed by atoms with Gasteiger partial charge in [0.15, 0.2) is 0 Å². The molecule has 178 valence electrons. The number of nitrogen functional groups attached to an aromatic ring is 1. The fourth-order valence-electron chi connectivity index (χ4n) is 3.73. The van der Waals surface area contributed by atoms with Crippen molar-refractivity contribution in [2.75, 3.05) is 12.3 Å². The van der Waals surface area contributed by atoms with Crippen molar-refractivity contribution in [3.63, 3.8) is 0 Å². The van der Waals surface area contributed by atoms with Crippen LogP contribution >= 0.6 is 0 Å². The summed E-state index contributed by atoms with van der Waals surface area (Å²) in [6, 6.07) is 13.9. The number of aliphatic hydroxyl groups is 1. The molecular formula is C27H27FN6O. The van der Waals surface area contributed by atoms with Crippen LogP contribution in [0.1, 0.15) is 25.1 Å². The number of pyridine rings is 1. The maximum atomic E-state index is 13.6. The number of aliphatic imine (C=N–C) groups is 1. The largest absolute Gasteiger partial charge is 0.404 e. The quantitative estimate of drug-likeness (QED) is 0.356. The zero-order chi connectivity index (χ0) is 25.2. The van der Waals surface area contributed by atoms with Gasteiger partial charge < -0.3 is 16.6 Å². The van der Waals surface area contributed by atoms with Gasteiger partial charge in [-0.25, -0.2) is 19.3 Å². The molecule has 4 rings (SSSR count). The normalized spacial score (nSPS) is 12.5. The molecule has 2 heterocycles. The summed E-state index contributed by atoms with van der Waals surface area (Å²) in [4.78, 5) is 17.7. The van der Waals surface area contributed by atoms with E-state index in [9.17, 15) is 9.50 Å². The molecule has 0 saturated carbocycles. The van der Waals surface area contributed by atoms with E-state index in [0.29, 0.717) is 16.8 Å². The van der Waals surface area contributed by atoms with Crippen molar-refractivity contribution in [3.05, 3.63) is 78.1 Å². The van der Waals surface area contributed by atoms with E-state index in [1.54, 1.807) is 32.2 Å². The van der Waals surface area contributed by atoms with Crippen molar-refractivity contribution < 1.29 is 9.50 Å². The second-order valence-electron chi connectivity index (χ2n) is 8.92. The Morgan fingerprint density at radius 2 is 1.80 bits per heavy atom. The third-order valence-electron chi connectivity index (χ3n) is 5.51. The Morgan fingerprint density at radius 1 is 1.09 bits per heavy atom. The van der Waals surface area contributed by atoms with Gasteiger partial charge in [0.05, 0.1) is 23.4 Å². The molecule has 0 unspecified atom stereocenters. The van der Waals surface area contributed by atoms with E-state index in [4.69, 9.17) is 16.5 Å². The highest BCUT2D eigenvalue weighted by Crippen LogP contribution is 2.36. The van der Waals surface area contributed by atoms with E-state index < -0.39 is 5.60 Å². The number of halogens is 1. The summed E-state index contributed by atoms with van der Waals surface area (Å²) in [5, 5.41) is 10.9. The van der Waals surface area contributed by atoms with Crippen molar-refractivity contribution in [2.45, 2.75) is 26.4 Å². The van der Waals surface area contributed by atoms with Gasteiger partial charge in [-0.1, -0.05) is 6.07 Å². The average molecular weight is 471 g/mol. The number of aromatic nitrogens is 3. The first-order valence-electron chi connectivity index (χ1n) is 11.1. The van der Waals surface area contributed by atoms with Crippen LogP contribution in [-0.2, 0) is 0 Å². The number of allylic oxidation sites excluding steroid dienone is 1. The fourth-order valence-corrected chi connectivity index (χ4v) is 3.73. The van der Waals surface area contributed by atoms with Gasteiger partial charge in [-0.05, 0) is 68.8 Å². The monoisotopic (exact) mass is 470 g/mol. The molecular weight excluding hydrogens is 443 g/mol. The molecule has 0 spiro atoms. The lowest BCUT2D eigenvalue weighted by atomic mass is 9.94. The zero-order valence-corrected chi connectivity index (χ0v) is 19.8. The van der Waals surface area contributed by atoms with E-state index in [2.05, 4.69) is 15.0 Å². The lowest BCUT2D eigenvalue weighted by molar-refractivity contribution is 0.0906. The van der Waals surface area contributed by atoms with Gasteiger partial charge in [0.2, 0.25) is 0 Å². The summed E-state index contributed by atoms with van der Waals surface area (Å²) in [5.74, 6) is -0.0884. The minimum atomic E-state index is -0.956. The van der Waals surface area contributed by atoms with Crippen LogP contribution in [0, 0.1) is 12.7 Å². The first kappa shape index (κ1) is 24.0. The van der Waals surface area contributed by atoms with Crippen LogP contribution in [0.2, 0.25) is 0 Å². The Kier molecular flexibility index (Phi) is 6.57. The van der Waals surface area contributed by atoms with E-state index >= 15 is 0 Å².